The third-order valence-corrected chi connectivity index (χ3v) is 3.71. The summed E-state index contributed by atoms with van der Waals surface area (Å²) in [5.74, 6) is 0.838. The van der Waals surface area contributed by atoms with E-state index in [0.717, 1.165) is 5.92 Å². The van der Waals surface area contributed by atoms with Gasteiger partial charge in [-0.3, -0.25) is 0 Å². The molecule has 15 heavy (non-hydrogen) atoms. The van der Waals surface area contributed by atoms with Gasteiger partial charge in [0.05, 0.1) is 0 Å². The Kier molecular flexibility index (Phi) is 4.50. The molecule has 0 aliphatic heterocycles. The molecule has 1 saturated carbocycles. The van der Waals surface area contributed by atoms with Crippen LogP contribution < -0.4 is 18.9 Å². The summed E-state index contributed by atoms with van der Waals surface area (Å²) in [6.45, 7) is 4.76. The fourth-order valence-corrected chi connectivity index (χ4v) is 2.51. The van der Waals surface area contributed by atoms with Crippen molar-refractivity contribution in [3.63, 3.8) is 0 Å². The van der Waals surface area contributed by atoms with E-state index in [2.05, 4.69) is 50.6 Å². The standard InChI is InChI=1S/C14H19.Li/c1-14(2,13-10-6-7-11-13)12-8-4-3-5-9-12;/h3-6,8-9,13H,7,10-11H2,1-2H3;/q-1;+1. The summed E-state index contributed by atoms with van der Waals surface area (Å²) in [5.41, 5.74) is 1.83. The second-order valence-corrected chi connectivity index (χ2v) is 4.89. The predicted molar refractivity (Wildman–Crippen MR) is 61.1 cm³/mol. The molecule has 0 aromatic heterocycles. The van der Waals surface area contributed by atoms with Crippen LogP contribution in [0, 0.1) is 12.3 Å². The molecule has 76 valence electrons. The van der Waals surface area contributed by atoms with E-state index in [4.69, 9.17) is 0 Å². The fourth-order valence-electron chi connectivity index (χ4n) is 2.51. The van der Waals surface area contributed by atoms with E-state index in [9.17, 15) is 0 Å². The van der Waals surface area contributed by atoms with Gasteiger partial charge in [-0.15, -0.1) is 0 Å². The molecule has 1 aliphatic carbocycles. The maximum Gasteiger partial charge on any atom is 1.00 e. The molecule has 0 bridgehead atoms. The van der Waals surface area contributed by atoms with Crippen LogP contribution in [0.5, 0.6) is 0 Å². The van der Waals surface area contributed by atoms with E-state index in [1.165, 1.54) is 24.8 Å². The molecule has 0 N–H and O–H groups in total. The average Bonchev–Trinajstić information content (AvgIpc) is 2.72. The van der Waals surface area contributed by atoms with E-state index in [1.807, 2.05) is 0 Å². The van der Waals surface area contributed by atoms with Crippen LogP contribution in [0.3, 0.4) is 0 Å². The maximum atomic E-state index is 2.44. The Morgan fingerprint density at radius 3 is 2.40 bits per heavy atom. The summed E-state index contributed by atoms with van der Waals surface area (Å²) in [6, 6.07) is 10.9. The van der Waals surface area contributed by atoms with Crippen molar-refractivity contribution in [3.8, 4) is 0 Å². The van der Waals surface area contributed by atoms with Crippen LogP contribution in [0.4, 0.5) is 0 Å². The van der Waals surface area contributed by atoms with Crippen molar-refractivity contribution in [2.45, 2.75) is 38.5 Å². The van der Waals surface area contributed by atoms with Crippen molar-refractivity contribution in [2.24, 2.45) is 5.92 Å². The number of benzene rings is 1. The molecule has 1 aromatic carbocycles. The van der Waals surface area contributed by atoms with E-state index in [-0.39, 0.29) is 18.9 Å². The Morgan fingerprint density at radius 1 is 1.20 bits per heavy atom. The van der Waals surface area contributed by atoms with Gasteiger partial charge in [0.1, 0.15) is 0 Å². The van der Waals surface area contributed by atoms with Crippen molar-refractivity contribution in [1.82, 2.24) is 0 Å². The Labute approximate surface area is 106 Å². The summed E-state index contributed by atoms with van der Waals surface area (Å²) in [5, 5.41) is 0. The summed E-state index contributed by atoms with van der Waals surface area (Å²) >= 11 is 0. The summed E-state index contributed by atoms with van der Waals surface area (Å²) < 4.78 is 0. The van der Waals surface area contributed by atoms with Crippen molar-refractivity contribution in [3.05, 3.63) is 42.3 Å². The van der Waals surface area contributed by atoms with Crippen molar-refractivity contribution >= 4 is 0 Å². The first-order valence-corrected chi connectivity index (χ1v) is 5.58. The van der Waals surface area contributed by atoms with Crippen LogP contribution in [0.1, 0.15) is 38.7 Å². The minimum atomic E-state index is 0. The quantitative estimate of drug-likeness (QED) is 0.486. The summed E-state index contributed by atoms with van der Waals surface area (Å²) in [4.78, 5) is 0. The third kappa shape index (κ3) is 2.68. The van der Waals surface area contributed by atoms with Gasteiger partial charge in [0.25, 0.3) is 0 Å². The molecule has 2 rings (SSSR count). The van der Waals surface area contributed by atoms with Gasteiger partial charge in [0, 0.05) is 0 Å². The Balaban J connectivity index is 0.00000112. The van der Waals surface area contributed by atoms with Gasteiger partial charge < -0.3 is 6.42 Å². The minimum absolute atomic E-state index is 0. The van der Waals surface area contributed by atoms with Crippen LogP contribution in [0.25, 0.3) is 0 Å². The summed E-state index contributed by atoms with van der Waals surface area (Å²) in [7, 11) is 0. The monoisotopic (exact) mass is 194 g/mol. The Morgan fingerprint density at radius 2 is 1.87 bits per heavy atom. The molecule has 1 fully saturated rings. The molecular weight excluding hydrogens is 175 g/mol. The van der Waals surface area contributed by atoms with Gasteiger partial charge in [0.15, 0.2) is 0 Å². The van der Waals surface area contributed by atoms with Gasteiger partial charge in [-0.2, -0.15) is 12.8 Å². The molecule has 1 atom stereocenters. The number of rotatable bonds is 2. The topological polar surface area (TPSA) is 0 Å². The zero-order valence-corrected chi connectivity index (χ0v) is 10.2. The fraction of sp³-hybridized carbons (Fsp3) is 0.500. The molecule has 1 heteroatoms. The first kappa shape index (κ1) is 12.9. The third-order valence-electron chi connectivity index (χ3n) is 3.71. The van der Waals surface area contributed by atoms with Gasteiger partial charge in [-0.05, 0) is 11.0 Å². The van der Waals surface area contributed by atoms with Gasteiger partial charge in [0.2, 0.25) is 0 Å². The van der Waals surface area contributed by atoms with E-state index >= 15 is 0 Å². The second kappa shape index (κ2) is 5.24. The minimum Gasteiger partial charge on any atom is -0.328 e. The smallest absolute Gasteiger partial charge is 0.328 e. The zero-order chi connectivity index (χ0) is 10.0. The normalized spacial score (nSPS) is 21.1. The van der Waals surface area contributed by atoms with Crippen LogP contribution >= 0.6 is 0 Å². The molecule has 0 nitrogen and oxygen atoms in total. The molecule has 0 spiro atoms. The van der Waals surface area contributed by atoms with Crippen LogP contribution in [-0.4, -0.2) is 0 Å². The number of hydrogen-bond acceptors (Lipinski definition) is 0. The zero-order valence-electron chi connectivity index (χ0n) is 10.2. The van der Waals surface area contributed by atoms with Crippen molar-refractivity contribution in [2.75, 3.05) is 0 Å². The molecule has 1 aliphatic rings. The van der Waals surface area contributed by atoms with Gasteiger partial charge >= 0.3 is 18.9 Å². The summed E-state index contributed by atoms with van der Waals surface area (Å²) in [6.07, 6.45) is 6.40. The van der Waals surface area contributed by atoms with Crippen LogP contribution in [-0.2, 0) is 5.41 Å². The maximum absolute atomic E-state index is 2.44. The molecule has 1 unspecified atom stereocenters. The predicted octanol–water partition coefficient (Wildman–Crippen LogP) is 0.973. The average molecular weight is 194 g/mol. The first-order valence-electron chi connectivity index (χ1n) is 5.58. The Bertz CT molecular complexity index is 283. The van der Waals surface area contributed by atoms with Crippen molar-refractivity contribution < 1.29 is 18.9 Å². The number of hydrogen-bond donors (Lipinski definition) is 0. The molecule has 0 saturated heterocycles. The van der Waals surface area contributed by atoms with Crippen molar-refractivity contribution in [1.29, 1.82) is 0 Å². The van der Waals surface area contributed by atoms with Gasteiger partial charge in [-0.1, -0.05) is 56.5 Å². The van der Waals surface area contributed by atoms with E-state index in [0.29, 0.717) is 5.41 Å². The second-order valence-electron chi connectivity index (χ2n) is 4.89. The molecule has 1 aromatic rings. The van der Waals surface area contributed by atoms with Crippen LogP contribution in [0.2, 0.25) is 0 Å². The molecule has 0 amide bonds. The van der Waals surface area contributed by atoms with Crippen LogP contribution in [0.15, 0.2) is 30.3 Å². The molecular formula is C14H19Li. The van der Waals surface area contributed by atoms with Gasteiger partial charge in [-0.25, -0.2) is 0 Å². The molecule has 0 radical (unpaired) electrons. The largest absolute Gasteiger partial charge is 1.00 e. The van der Waals surface area contributed by atoms with E-state index < -0.39 is 0 Å². The molecule has 0 heterocycles. The SMILES string of the molecule is CC(C)(c1ccccc1)C1C[CH-]CC1.[Li+]. The first-order chi connectivity index (χ1) is 6.71. The Hall–Kier alpha value is -0.183. The van der Waals surface area contributed by atoms with E-state index in [1.54, 1.807) is 0 Å².